The van der Waals surface area contributed by atoms with Crippen LogP contribution in [0.2, 0.25) is 5.02 Å². The van der Waals surface area contributed by atoms with Gasteiger partial charge in [-0.25, -0.2) is 13.1 Å². The Bertz CT molecular complexity index is 571. The first-order chi connectivity index (χ1) is 9.44. The average Bonchev–Trinajstić information content (AvgIpc) is 2.91. The van der Waals surface area contributed by atoms with E-state index in [2.05, 4.69) is 4.72 Å². The fraction of sp³-hybridized carbons (Fsp3) is 0.538. The van der Waals surface area contributed by atoms with Crippen LogP contribution in [0, 0.1) is 0 Å². The van der Waals surface area contributed by atoms with Crippen LogP contribution < -0.4 is 10.5 Å². The predicted molar refractivity (Wildman–Crippen MR) is 78.1 cm³/mol. The molecule has 112 valence electrons. The molecule has 1 aliphatic heterocycles. The molecule has 1 fully saturated rings. The fourth-order valence-corrected chi connectivity index (χ4v) is 4.11. The lowest BCUT2D eigenvalue weighted by molar-refractivity contribution is 0.0902. The Hall–Kier alpha value is -0.660. The van der Waals surface area contributed by atoms with Gasteiger partial charge in [-0.05, 0) is 37.5 Å². The summed E-state index contributed by atoms with van der Waals surface area (Å²) in [4.78, 5) is 0.0706. The molecule has 0 radical (unpaired) electrons. The lowest BCUT2D eigenvalue weighted by Crippen LogP contribution is -2.40. The van der Waals surface area contributed by atoms with Crippen LogP contribution in [0.1, 0.15) is 25.3 Å². The zero-order valence-corrected chi connectivity index (χ0v) is 12.9. The zero-order chi connectivity index (χ0) is 14.8. The Morgan fingerprint density at radius 1 is 1.55 bits per heavy atom. The molecule has 1 aromatic carbocycles. The van der Waals surface area contributed by atoms with E-state index in [1.54, 1.807) is 19.1 Å². The van der Waals surface area contributed by atoms with Gasteiger partial charge in [0.15, 0.2) is 0 Å². The quantitative estimate of drug-likeness (QED) is 0.865. The molecule has 1 saturated heterocycles. The maximum absolute atomic E-state index is 12.3. The number of hydrogen-bond acceptors (Lipinski definition) is 4. The Morgan fingerprint density at radius 3 is 2.85 bits per heavy atom. The van der Waals surface area contributed by atoms with E-state index < -0.39 is 10.0 Å². The van der Waals surface area contributed by atoms with Crippen molar-refractivity contribution in [3.63, 3.8) is 0 Å². The molecule has 0 saturated carbocycles. The standard InChI is InChI=1S/C13H19ClN2O3S/c1-9(12-3-2-6-19-12)16-20(17,18)13-5-4-10(8-15)7-11(13)14/h4-5,7,9,12,16H,2-3,6,8,15H2,1H3. The Kier molecular flexibility index (Phi) is 5.04. The van der Waals surface area contributed by atoms with Gasteiger partial charge in [-0.3, -0.25) is 0 Å². The van der Waals surface area contributed by atoms with E-state index in [0.29, 0.717) is 13.2 Å². The minimum Gasteiger partial charge on any atom is -0.377 e. The van der Waals surface area contributed by atoms with Crippen molar-refractivity contribution < 1.29 is 13.2 Å². The molecule has 2 atom stereocenters. The molecule has 0 aliphatic carbocycles. The monoisotopic (exact) mass is 318 g/mol. The van der Waals surface area contributed by atoms with Crippen molar-refractivity contribution in [1.29, 1.82) is 0 Å². The molecule has 2 rings (SSSR count). The highest BCUT2D eigenvalue weighted by molar-refractivity contribution is 7.89. The molecule has 20 heavy (non-hydrogen) atoms. The van der Waals surface area contributed by atoms with Crippen LogP contribution >= 0.6 is 11.6 Å². The largest absolute Gasteiger partial charge is 0.377 e. The van der Waals surface area contributed by atoms with Gasteiger partial charge < -0.3 is 10.5 Å². The predicted octanol–water partition coefficient (Wildman–Crippen LogP) is 1.64. The number of halogens is 1. The maximum Gasteiger partial charge on any atom is 0.242 e. The molecule has 2 unspecified atom stereocenters. The summed E-state index contributed by atoms with van der Waals surface area (Å²) >= 11 is 6.03. The maximum atomic E-state index is 12.3. The van der Waals surface area contributed by atoms with E-state index in [4.69, 9.17) is 22.1 Å². The van der Waals surface area contributed by atoms with Gasteiger partial charge in [0.2, 0.25) is 10.0 Å². The van der Waals surface area contributed by atoms with Crippen molar-refractivity contribution >= 4 is 21.6 Å². The second kappa shape index (κ2) is 6.41. The number of ether oxygens (including phenoxy) is 1. The van der Waals surface area contributed by atoms with Gasteiger partial charge in [0.1, 0.15) is 4.90 Å². The summed E-state index contributed by atoms with van der Waals surface area (Å²) in [5, 5.41) is 0.181. The van der Waals surface area contributed by atoms with Crippen molar-refractivity contribution in [1.82, 2.24) is 4.72 Å². The molecule has 3 N–H and O–H groups in total. The summed E-state index contributed by atoms with van der Waals surface area (Å²) in [5.74, 6) is 0. The first kappa shape index (κ1) is 15.7. The highest BCUT2D eigenvalue weighted by Gasteiger charge is 2.28. The third kappa shape index (κ3) is 3.51. The van der Waals surface area contributed by atoms with E-state index >= 15 is 0 Å². The number of sulfonamides is 1. The minimum atomic E-state index is -3.66. The molecule has 0 amide bonds. The van der Waals surface area contributed by atoms with Crippen LogP contribution in [0.15, 0.2) is 23.1 Å². The average molecular weight is 319 g/mol. The van der Waals surface area contributed by atoms with E-state index in [9.17, 15) is 8.42 Å². The van der Waals surface area contributed by atoms with Crippen molar-refractivity contribution in [2.45, 2.75) is 43.4 Å². The molecular weight excluding hydrogens is 300 g/mol. The van der Waals surface area contributed by atoms with Crippen LogP contribution in [-0.2, 0) is 21.3 Å². The minimum absolute atomic E-state index is 0.0706. The van der Waals surface area contributed by atoms with Crippen molar-refractivity contribution in [2.24, 2.45) is 5.73 Å². The first-order valence-electron chi connectivity index (χ1n) is 6.56. The third-order valence-electron chi connectivity index (χ3n) is 3.39. The van der Waals surface area contributed by atoms with Gasteiger partial charge in [0.25, 0.3) is 0 Å². The van der Waals surface area contributed by atoms with Crippen LogP contribution in [-0.4, -0.2) is 27.2 Å². The topological polar surface area (TPSA) is 81.4 Å². The van der Waals surface area contributed by atoms with E-state index in [0.717, 1.165) is 18.4 Å². The summed E-state index contributed by atoms with van der Waals surface area (Å²) in [5.41, 5.74) is 6.29. The van der Waals surface area contributed by atoms with E-state index in [1.807, 2.05) is 0 Å². The lowest BCUT2D eigenvalue weighted by atomic mass is 10.1. The Labute approximate surface area is 124 Å². The smallest absolute Gasteiger partial charge is 0.242 e. The van der Waals surface area contributed by atoms with Gasteiger partial charge in [0.05, 0.1) is 11.1 Å². The number of nitrogens with two attached hydrogens (primary N) is 1. The van der Waals surface area contributed by atoms with Gasteiger partial charge in [-0.1, -0.05) is 17.7 Å². The van der Waals surface area contributed by atoms with Crippen molar-refractivity contribution in [3.8, 4) is 0 Å². The number of nitrogens with one attached hydrogen (secondary N) is 1. The first-order valence-corrected chi connectivity index (χ1v) is 8.42. The van der Waals surface area contributed by atoms with E-state index in [1.165, 1.54) is 6.07 Å². The van der Waals surface area contributed by atoms with Gasteiger partial charge >= 0.3 is 0 Å². The highest BCUT2D eigenvalue weighted by Crippen LogP contribution is 2.24. The summed E-state index contributed by atoms with van der Waals surface area (Å²) < 4.78 is 32.8. The van der Waals surface area contributed by atoms with Gasteiger partial charge in [-0.15, -0.1) is 0 Å². The van der Waals surface area contributed by atoms with Crippen molar-refractivity contribution in [2.75, 3.05) is 6.61 Å². The molecule has 0 bridgehead atoms. The van der Waals surface area contributed by atoms with Crippen LogP contribution in [0.25, 0.3) is 0 Å². The Morgan fingerprint density at radius 2 is 2.30 bits per heavy atom. The molecule has 0 spiro atoms. The van der Waals surface area contributed by atoms with Gasteiger partial charge in [-0.2, -0.15) is 0 Å². The molecule has 1 heterocycles. The zero-order valence-electron chi connectivity index (χ0n) is 11.3. The second-order valence-corrected chi connectivity index (χ2v) is 7.02. The SMILES string of the molecule is CC(NS(=O)(=O)c1ccc(CN)cc1Cl)C1CCCO1. The number of benzene rings is 1. The normalized spacial score (nSPS) is 21.1. The molecular formula is C13H19ClN2O3S. The van der Waals surface area contributed by atoms with Crippen LogP contribution in [0.4, 0.5) is 0 Å². The van der Waals surface area contributed by atoms with E-state index in [-0.39, 0.29) is 22.1 Å². The van der Waals surface area contributed by atoms with Gasteiger partial charge in [0, 0.05) is 19.2 Å². The summed E-state index contributed by atoms with van der Waals surface area (Å²) in [6.45, 7) is 2.80. The molecule has 1 aromatic rings. The Balaban J connectivity index is 2.17. The second-order valence-electron chi connectivity index (χ2n) is 4.93. The summed E-state index contributed by atoms with van der Waals surface area (Å²) in [6, 6.07) is 4.44. The molecule has 0 aromatic heterocycles. The molecule has 5 nitrogen and oxygen atoms in total. The fourth-order valence-electron chi connectivity index (χ4n) is 2.27. The third-order valence-corrected chi connectivity index (χ3v) is 5.43. The molecule has 1 aliphatic rings. The number of rotatable bonds is 5. The van der Waals surface area contributed by atoms with Crippen molar-refractivity contribution in [3.05, 3.63) is 28.8 Å². The lowest BCUT2D eigenvalue weighted by Gasteiger charge is -2.20. The summed E-state index contributed by atoms with van der Waals surface area (Å²) in [6.07, 6.45) is 1.75. The van der Waals surface area contributed by atoms with Crippen LogP contribution in [0.5, 0.6) is 0 Å². The summed E-state index contributed by atoms with van der Waals surface area (Å²) in [7, 11) is -3.66. The van der Waals surface area contributed by atoms with Crippen LogP contribution in [0.3, 0.4) is 0 Å². The number of hydrogen-bond donors (Lipinski definition) is 2. The highest BCUT2D eigenvalue weighted by atomic mass is 35.5. The molecule has 7 heteroatoms.